The summed E-state index contributed by atoms with van der Waals surface area (Å²) in [4.78, 5) is 26.1. The number of nitrogens with zero attached hydrogens (tertiary/aromatic N) is 1. The highest BCUT2D eigenvalue weighted by atomic mass is 16.5. The summed E-state index contributed by atoms with van der Waals surface area (Å²) in [5.74, 6) is 0.368. The molecule has 1 aliphatic rings. The molecule has 0 spiro atoms. The number of amides is 1. The van der Waals surface area contributed by atoms with Crippen molar-refractivity contribution in [3.05, 3.63) is 29.8 Å². The second-order valence-electron chi connectivity index (χ2n) is 6.96. The molecule has 0 bridgehead atoms. The highest BCUT2D eigenvalue weighted by molar-refractivity contribution is 5.92. The Hall–Kier alpha value is -2.04. The van der Waals surface area contributed by atoms with Crippen molar-refractivity contribution >= 4 is 17.6 Å². The molecule has 132 valence electrons. The van der Waals surface area contributed by atoms with Gasteiger partial charge in [0.15, 0.2) is 6.61 Å². The van der Waals surface area contributed by atoms with E-state index in [9.17, 15) is 9.59 Å². The molecule has 0 heterocycles. The van der Waals surface area contributed by atoms with Gasteiger partial charge in [0.2, 0.25) is 0 Å². The summed E-state index contributed by atoms with van der Waals surface area (Å²) >= 11 is 0. The van der Waals surface area contributed by atoms with E-state index >= 15 is 0 Å². The van der Waals surface area contributed by atoms with Crippen LogP contribution in [-0.4, -0.2) is 38.6 Å². The van der Waals surface area contributed by atoms with E-state index in [1.165, 1.54) is 6.42 Å². The maximum absolute atomic E-state index is 12.1. The van der Waals surface area contributed by atoms with Crippen LogP contribution < -0.4 is 10.2 Å². The van der Waals surface area contributed by atoms with Gasteiger partial charge in [-0.15, -0.1) is 0 Å². The molecule has 0 aromatic heterocycles. The van der Waals surface area contributed by atoms with Gasteiger partial charge in [0.05, 0.1) is 5.56 Å². The van der Waals surface area contributed by atoms with Crippen molar-refractivity contribution in [3.8, 4) is 0 Å². The van der Waals surface area contributed by atoms with Crippen LogP contribution in [0.5, 0.6) is 0 Å². The van der Waals surface area contributed by atoms with Crippen LogP contribution in [0.1, 0.15) is 43.5 Å². The molecule has 2 rings (SSSR count). The van der Waals surface area contributed by atoms with Gasteiger partial charge in [-0.1, -0.05) is 32.8 Å². The fourth-order valence-corrected chi connectivity index (χ4v) is 3.16. The second-order valence-corrected chi connectivity index (χ2v) is 6.96. The minimum absolute atomic E-state index is 0.178. The number of ether oxygens (including phenoxy) is 1. The monoisotopic (exact) mass is 332 g/mol. The zero-order valence-electron chi connectivity index (χ0n) is 15.0. The topological polar surface area (TPSA) is 58.6 Å². The normalized spacial score (nSPS) is 23.4. The smallest absolute Gasteiger partial charge is 0.338 e. The lowest BCUT2D eigenvalue weighted by Gasteiger charge is -2.34. The van der Waals surface area contributed by atoms with Crippen LogP contribution in [0.3, 0.4) is 0 Å². The maximum Gasteiger partial charge on any atom is 0.338 e. The Morgan fingerprint density at radius 3 is 2.71 bits per heavy atom. The standard InChI is InChI=1S/C19H28N2O3/c1-13-7-5-10-17(14(13)2)20-18(22)12-24-19(23)15-8-6-9-16(11-15)21(3)4/h6,8-9,11,13-14,17H,5,7,10,12H2,1-4H3,(H,20,22)/t13-,14+,17-/m1/s1. The summed E-state index contributed by atoms with van der Waals surface area (Å²) in [5.41, 5.74) is 1.37. The average Bonchev–Trinajstić information content (AvgIpc) is 2.57. The third-order valence-electron chi connectivity index (χ3n) is 4.99. The first-order valence-corrected chi connectivity index (χ1v) is 8.62. The van der Waals surface area contributed by atoms with Crippen LogP contribution >= 0.6 is 0 Å². The Balaban J connectivity index is 1.85. The zero-order valence-corrected chi connectivity index (χ0v) is 15.0. The number of hydrogen-bond acceptors (Lipinski definition) is 4. The van der Waals surface area contributed by atoms with E-state index in [2.05, 4.69) is 19.2 Å². The van der Waals surface area contributed by atoms with Crippen molar-refractivity contribution in [1.29, 1.82) is 0 Å². The number of hydrogen-bond donors (Lipinski definition) is 1. The van der Waals surface area contributed by atoms with Gasteiger partial charge in [-0.2, -0.15) is 0 Å². The van der Waals surface area contributed by atoms with Gasteiger partial charge in [-0.05, 0) is 36.5 Å². The maximum atomic E-state index is 12.1. The molecular weight excluding hydrogens is 304 g/mol. The zero-order chi connectivity index (χ0) is 17.7. The molecule has 0 radical (unpaired) electrons. The second kappa shape index (κ2) is 8.18. The number of esters is 1. The summed E-state index contributed by atoms with van der Waals surface area (Å²) in [5, 5.41) is 3.01. The van der Waals surface area contributed by atoms with E-state index < -0.39 is 5.97 Å². The summed E-state index contributed by atoms with van der Waals surface area (Å²) in [6.45, 7) is 4.16. The third-order valence-corrected chi connectivity index (χ3v) is 4.99. The molecule has 1 saturated carbocycles. The highest BCUT2D eigenvalue weighted by Gasteiger charge is 2.28. The quantitative estimate of drug-likeness (QED) is 0.843. The first-order chi connectivity index (χ1) is 11.4. The van der Waals surface area contributed by atoms with Gasteiger partial charge in [0.25, 0.3) is 5.91 Å². The van der Waals surface area contributed by atoms with Gasteiger partial charge in [0, 0.05) is 25.8 Å². The molecule has 5 heteroatoms. The average molecular weight is 332 g/mol. The van der Waals surface area contributed by atoms with Gasteiger partial charge >= 0.3 is 5.97 Å². The van der Waals surface area contributed by atoms with Gasteiger partial charge in [-0.25, -0.2) is 4.79 Å². The number of carbonyl (C=O) groups is 2. The molecule has 0 saturated heterocycles. The van der Waals surface area contributed by atoms with E-state index in [0.717, 1.165) is 18.5 Å². The van der Waals surface area contributed by atoms with Crippen molar-refractivity contribution in [2.75, 3.05) is 25.6 Å². The SMILES string of the molecule is C[C@H]1[C@H](C)CCC[C@H]1NC(=O)COC(=O)c1cccc(N(C)C)c1. The Morgan fingerprint density at radius 1 is 1.25 bits per heavy atom. The lowest BCUT2D eigenvalue weighted by atomic mass is 9.78. The lowest BCUT2D eigenvalue weighted by molar-refractivity contribution is -0.125. The Kier molecular flexibility index (Phi) is 6.23. The summed E-state index contributed by atoms with van der Waals surface area (Å²) < 4.78 is 5.16. The predicted molar refractivity (Wildman–Crippen MR) is 95.2 cm³/mol. The van der Waals surface area contributed by atoms with E-state index in [-0.39, 0.29) is 18.6 Å². The van der Waals surface area contributed by atoms with Gasteiger partial charge < -0.3 is 15.0 Å². The minimum atomic E-state index is -0.473. The molecule has 1 N–H and O–H groups in total. The molecule has 5 nitrogen and oxygen atoms in total. The van der Waals surface area contributed by atoms with Crippen LogP contribution in [0, 0.1) is 11.8 Å². The van der Waals surface area contributed by atoms with Crippen LogP contribution in [0.2, 0.25) is 0 Å². The first kappa shape index (κ1) is 18.3. The Morgan fingerprint density at radius 2 is 2.00 bits per heavy atom. The largest absolute Gasteiger partial charge is 0.452 e. The van der Waals surface area contributed by atoms with Crippen molar-refractivity contribution in [1.82, 2.24) is 5.32 Å². The van der Waals surface area contributed by atoms with E-state index in [0.29, 0.717) is 17.4 Å². The summed E-state index contributed by atoms with van der Waals surface area (Å²) in [6.07, 6.45) is 3.34. The van der Waals surface area contributed by atoms with Crippen LogP contribution in [0.25, 0.3) is 0 Å². The molecule has 0 aliphatic heterocycles. The molecular formula is C19H28N2O3. The molecule has 1 aromatic carbocycles. The van der Waals surface area contributed by atoms with Gasteiger partial charge in [0.1, 0.15) is 0 Å². The lowest BCUT2D eigenvalue weighted by Crippen LogP contribution is -2.45. The summed E-state index contributed by atoms with van der Waals surface area (Å²) in [7, 11) is 3.81. The van der Waals surface area contributed by atoms with Crippen molar-refractivity contribution in [3.63, 3.8) is 0 Å². The number of rotatable bonds is 5. The molecule has 3 atom stereocenters. The number of anilines is 1. The third kappa shape index (κ3) is 4.73. The molecule has 24 heavy (non-hydrogen) atoms. The highest BCUT2D eigenvalue weighted by Crippen LogP contribution is 2.29. The molecule has 1 aromatic rings. The fourth-order valence-electron chi connectivity index (χ4n) is 3.16. The van der Waals surface area contributed by atoms with Crippen molar-refractivity contribution in [2.45, 2.75) is 39.2 Å². The van der Waals surface area contributed by atoms with Crippen LogP contribution in [-0.2, 0) is 9.53 Å². The minimum Gasteiger partial charge on any atom is -0.452 e. The van der Waals surface area contributed by atoms with E-state index in [1.54, 1.807) is 18.2 Å². The molecule has 1 amide bonds. The Bertz CT molecular complexity index is 586. The number of carbonyl (C=O) groups excluding carboxylic acids is 2. The van der Waals surface area contributed by atoms with Gasteiger partial charge in [-0.3, -0.25) is 4.79 Å². The molecule has 0 unspecified atom stereocenters. The van der Waals surface area contributed by atoms with Crippen molar-refractivity contribution < 1.29 is 14.3 Å². The van der Waals surface area contributed by atoms with E-state index in [1.807, 2.05) is 25.1 Å². The Labute approximate surface area is 144 Å². The number of nitrogens with one attached hydrogen (secondary N) is 1. The van der Waals surface area contributed by atoms with E-state index in [4.69, 9.17) is 4.74 Å². The first-order valence-electron chi connectivity index (χ1n) is 8.62. The van der Waals surface area contributed by atoms with Crippen molar-refractivity contribution in [2.24, 2.45) is 11.8 Å². The molecule has 1 aliphatic carbocycles. The van der Waals surface area contributed by atoms with Crippen LogP contribution in [0.15, 0.2) is 24.3 Å². The molecule has 1 fully saturated rings. The summed E-state index contributed by atoms with van der Waals surface area (Å²) in [6, 6.07) is 7.34. The number of benzene rings is 1. The van der Waals surface area contributed by atoms with Crippen LogP contribution in [0.4, 0.5) is 5.69 Å². The fraction of sp³-hybridized carbons (Fsp3) is 0.579. The predicted octanol–water partition coefficient (Wildman–Crippen LogP) is 2.85.